The van der Waals surface area contributed by atoms with Crippen molar-refractivity contribution in [3.63, 3.8) is 0 Å². The van der Waals surface area contributed by atoms with E-state index in [9.17, 15) is 0 Å². The van der Waals surface area contributed by atoms with Gasteiger partial charge in [-0.15, -0.1) is 0 Å². The summed E-state index contributed by atoms with van der Waals surface area (Å²) in [4.78, 5) is 0. The Morgan fingerprint density at radius 2 is 2.15 bits per heavy atom. The molecule has 0 bridgehead atoms. The summed E-state index contributed by atoms with van der Waals surface area (Å²) in [5, 5.41) is 3.41. The lowest BCUT2D eigenvalue weighted by Crippen LogP contribution is -2.15. The molecule has 0 spiro atoms. The van der Waals surface area contributed by atoms with Gasteiger partial charge >= 0.3 is 0 Å². The van der Waals surface area contributed by atoms with Crippen LogP contribution in [0.2, 0.25) is 0 Å². The van der Waals surface area contributed by atoms with Crippen LogP contribution in [0.5, 0.6) is 0 Å². The lowest BCUT2D eigenvalue weighted by atomic mass is 10.0. The third kappa shape index (κ3) is 1.47. The van der Waals surface area contributed by atoms with E-state index in [2.05, 4.69) is 11.4 Å². The fraction of sp³-hybridized carbons (Fsp3) is 0.400. The molecule has 1 atom stereocenters. The molecule has 0 aromatic heterocycles. The van der Waals surface area contributed by atoms with Gasteiger partial charge in [0.2, 0.25) is 0 Å². The first kappa shape index (κ1) is 8.38. The van der Waals surface area contributed by atoms with Gasteiger partial charge in [0, 0.05) is 6.04 Å². The van der Waals surface area contributed by atoms with E-state index in [1.165, 1.54) is 6.42 Å². The molecule has 0 radical (unpaired) electrons. The Morgan fingerprint density at radius 1 is 1.31 bits per heavy atom. The van der Waals surface area contributed by atoms with Gasteiger partial charge in [-0.2, -0.15) is 0 Å². The minimum atomic E-state index is 0.406. The van der Waals surface area contributed by atoms with E-state index in [4.69, 9.17) is 11.5 Å². The number of benzene rings is 1. The van der Waals surface area contributed by atoms with Crippen molar-refractivity contribution in [1.29, 1.82) is 0 Å². The first-order valence-corrected chi connectivity index (χ1v) is 4.66. The van der Waals surface area contributed by atoms with Crippen LogP contribution in [0.1, 0.15) is 24.4 Å². The second-order valence-corrected chi connectivity index (χ2v) is 3.50. The van der Waals surface area contributed by atoms with Crippen LogP contribution < -0.4 is 16.8 Å². The monoisotopic (exact) mass is 177 g/mol. The molecule has 1 unspecified atom stereocenters. The molecule has 0 saturated carbocycles. The second kappa shape index (κ2) is 3.26. The summed E-state index contributed by atoms with van der Waals surface area (Å²) in [6.07, 6.45) is 2.38. The summed E-state index contributed by atoms with van der Waals surface area (Å²) in [6.45, 7) is 1.08. The maximum Gasteiger partial charge on any atom is 0.0596 e. The van der Waals surface area contributed by atoms with Crippen LogP contribution >= 0.6 is 0 Å². The van der Waals surface area contributed by atoms with E-state index in [1.54, 1.807) is 0 Å². The summed E-state index contributed by atoms with van der Waals surface area (Å²) in [5.74, 6) is 0. The molecule has 70 valence electrons. The van der Waals surface area contributed by atoms with Crippen LogP contribution in [0, 0.1) is 0 Å². The molecule has 1 aliphatic heterocycles. The minimum absolute atomic E-state index is 0.406. The van der Waals surface area contributed by atoms with Crippen LogP contribution in [0.15, 0.2) is 18.2 Å². The number of nitrogen functional groups attached to an aromatic ring is 2. The Hall–Kier alpha value is -1.22. The number of hydrogen-bond acceptors (Lipinski definition) is 3. The van der Waals surface area contributed by atoms with Gasteiger partial charge in [-0.25, -0.2) is 0 Å². The van der Waals surface area contributed by atoms with Crippen molar-refractivity contribution in [3.05, 3.63) is 23.8 Å². The zero-order valence-electron chi connectivity index (χ0n) is 7.59. The summed E-state index contributed by atoms with van der Waals surface area (Å²) in [7, 11) is 0. The number of para-hydroxylation sites is 1. The summed E-state index contributed by atoms with van der Waals surface area (Å²) < 4.78 is 0. The molecule has 1 aliphatic rings. The molecule has 1 heterocycles. The first-order valence-electron chi connectivity index (χ1n) is 4.66. The summed E-state index contributed by atoms with van der Waals surface area (Å²) in [5.41, 5.74) is 14.2. The highest BCUT2D eigenvalue weighted by Gasteiger charge is 2.18. The van der Waals surface area contributed by atoms with Gasteiger partial charge in [0.1, 0.15) is 0 Å². The lowest BCUT2D eigenvalue weighted by molar-refractivity contribution is 0.650. The van der Waals surface area contributed by atoms with Gasteiger partial charge in [0.25, 0.3) is 0 Å². The number of hydrogen-bond donors (Lipinski definition) is 3. The molecule has 1 aromatic carbocycles. The maximum absolute atomic E-state index is 5.90. The molecule has 0 aliphatic carbocycles. The smallest absolute Gasteiger partial charge is 0.0596 e. The fourth-order valence-corrected chi connectivity index (χ4v) is 1.86. The minimum Gasteiger partial charge on any atom is -0.397 e. The van der Waals surface area contributed by atoms with Crippen LogP contribution in [0.25, 0.3) is 0 Å². The zero-order chi connectivity index (χ0) is 9.26. The van der Waals surface area contributed by atoms with Gasteiger partial charge in [0.05, 0.1) is 11.4 Å². The highest BCUT2D eigenvalue weighted by Crippen LogP contribution is 2.30. The highest BCUT2D eigenvalue weighted by atomic mass is 14.9. The lowest BCUT2D eigenvalue weighted by Gasteiger charge is -2.14. The number of rotatable bonds is 1. The molecule has 13 heavy (non-hydrogen) atoms. The van der Waals surface area contributed by atoms with E-state index in [-0.39, 0.29) is 0 Å². The van der Waals surface area contributed by atoms with Crippen molar-refractivity contribution in [3.8, 4) is 0 Å². The Morgan fingerprint density at radius 3 is 2.85 bits per heavy atom. The topological polar surface area (TPSA) is 64.1 Å². The van der Waals surface area contributed by atoms with Crippen molar-refractivity contribution in [2.24, 2.45) is 0 Å². The van der Waals surface area contributed by atoms with Crippen molar-refractivity contribution in [1.82, 2.24) is 5.32 Å². The molecular weight excluding hydrogens is 162 g/mol. The van der Waals surface area contributed by atoms with Crippen LogP contribution in [0.4, 0.5) is 11.4 Å². The molecule has 3 nitrogen and oxygen atoms in total. The maximum atomic E-state index is 5.90. The third-order valence-corrected chi connectivity index (χ3v) is 2.61. The Bertz CT molecular complexity index is 303. The van der Waals surface area contributed by atoms with E-state index >= 15 is 0 Å². The average Bonchev–Trinajstić information content (AvgIpc) is 2.62. The molecule has 1 aromatic rings. The van der Waals surface area contributed by atoms with Gasteiger partial charge in [-0.3, -0.25) is 0 Å². The van der Waals surface area contributed by atoms with E-state index in [1.807, 2.05) is 12.1 Å². The Kier molecular flexibility index (Phi) is 2.10. The van der Waals surface area contributed by atoms with Gasteiger partial charge in [-0.1, -0.05) is 12.1 Å². The van der Waals surface area contributed by atoms with E-state index in [0.717, 1.165) is 24.2 Å². The zero-order valence-corrected chi connectivity index (χ0v) is 7.59. The quantitative estimate of drug-likeness (QED) is 0.566. The standard InChI is InChI=1S/C10H15N3/c11-8-4-1-3-7(10(8)12)9-5-2-6-13-9/h1,3-4,9,13H,2,5-6,11-12H2. The second-order valence-electron chi connectivity index (χ2n) is 3.50. The molecule has 1 saturated heterocycles. The molecule has 3 heteroatoms. The number of anilines is 2. The van der Waals surface area contributed by atoms with Crippen molar-refractivity contribution in [2.75, 3.05) is 18.0 Å². The predicted molar refractivity (Wildman–Crippen MR) is 55.2 cm³/mol. The van der Waals surface area contributed by atoms with Gasteiger partial charge < -0.3 is 16.8 Å². The number of nitrogens with two attached hydrogens (primary N) is 2. The van der Waals surface area contributed by atoms with Crippen LogP contribution in [-0.4, -0.2) is 6.54 Å². The normalized spacial score (nSPS) is 22.0. The van der Waals surface area contributed by atoms with Crippen LogP contribution in [-0.2, 0) is 0 Å². The Labute approximate surface area is 78.1 Å². The fourth-order valence-electron chi connectivity index (χ4n) is 1.86. The average molecular weight is 177 g/mol. The van der Waals surface area contributed by atoms with Gasteiger partial charge in [0.15, 0.2) is 0 Å². The molecule has 1 fully saturated rings. The largest absolute Gasteiger partial charge is 0.397 e. The van der Waals surface area contributed by atoms with Crippen molar-refractivity contribution >= 4 is 11.4 Å². The molecular formula is C10H15N3. The van der Waals surface area contributed by atoms with Crippen LogP contribution in [0.3, 0.4) is 0 Å². The molecule has 2 rings (SSSR count). The highest BCUT2D eigenvalue weighted by molar-refractivity contribution is 5.67. The SMILES string of the molecule is Nc1cccc(C2CCCN2)c1N. The third-order valence-electron chi connectivity index (χ3n) is 2.61. The van der Waals surface area contributed by atoms with Crippen molar-refractivity contribution < 1.29 is 0 Å². The summed E-state index contributed by atoms with van der Waals surface area (Å²) >= 11 is 0. The van der Waals surface area contributed by atoms with Crippen molar-refractivity contribution in [2.45, 2.75) is 18.9 Å². The molecule has 5 N–H and O–H groups in total. The summed E-state index contributed by atoms with van der Waals surface area (Å²) in [6, 6.07) is 6.26. The number of nitrogens with one attached hydrogen (secondary N) is 1. The van der Waals surface area contributed by atoms with Gasteiger partial charge in [-0.05, 0) is 31.0 Å². The molecule has 0 amide bonds. The van der Waals surface area contributed by atoms with E-state index < -0.39 is 0 Å². The van der Waals surface area contributed by atoms with E-state index in [0.29, 0.717) is 11.7 Å². The predicted octanol–water partition coefficient (Wildman–Crippen LogP) is 1.28. The Balaban J connectivity index is 2.33. The first-order chi connectivity index (χ1) is 6.29.